The molecule has 3 unspecified atom stereocenters. The Morgan fingerprint density at radius 1 is 1.35 bits per heavy atom. The molecular weight excluding hydrogens is 484 g/mol. The number of carbonyl (C=O) groups is 1. The number of carbonyl (C=O) groups excluding carboxylic acids is 1. The fourth-order valence-electron chi connectivity index (χ4n) is 2.43. The number of esters is 1. The maximum atomic E-state index is 12.0. The Morgan fingerprint density at radius 2 is 1.85 bits per heavy atom. The van der Waals surface area contributed by atoms with Gasteiger partial charge in [0, 0.05) is 5.92 Å². The van der Waals surface area contributed by atoms with Gasteiger partial charge in [-0.2, -0.15) is 8.42 Å². The summed E-state index contributed by atoms with van der Waals surface area (Å²) >= 11 is 9.89. The average molecular weight is 501 g/mol. The minimum atomic E-state index is -3.67. The molecule has 1 fully saturated rings. The molecule has 0 aromatic heterocycles. The highest BCUT2D eigenvalue weighted by Crippen LogP contribution is 2.65. The molecule has 1 saturated carbocycles. The second-order valence-electron chi connectivity index (χ2n) is 5.34. The first-order valence-electron chi connectivity index (χ1n) is 5.94. The van der Waals surface area contributed by atoms with E-state index in [2.05, 4.69) is 47.8 Å². The van der Waals surface area contributed by atoms with Gasteiger partial charge in [-0.25, -0.2) is 0 Å². The fraction of sp³-hybridized carbons (Fsp3) is 0.909. The summed E-state index contributed by atoms with van der Waals surface area (Å²) in [7, 11) is -3.67. The third kappa shape index (κ3) is 4.41. The Balaban J connectivity index is 3.02. The van der Waals surface area contributed by atoms with Crippen LogP contribution in [0.15, 0.2) is 0 Å². The quantitative estimate of drug-likeness (QED) is 0.330. The minimum absolute atomic E-state index is 0.289. The van der Waals surface area contributed by atoms with E-state index in [9.17, 15) is 13.2 Å². The minimum Gasteiger partial charge on any atom is -0.466 e. The van der Waals surface area contributed by atoms with Crippen LogP contribution in [0, 0.1) is 17.3 Å². The van der Waals surface area contributed by atoms with E-state index in [1.807, 2.05) is 13.8 Å². The Labute approximate surface area is 144 Å². The zero-order valence-corrected chi connectivity index (χ0v) is 17.1. The van der Waals surface area contributed by atoms with Gasteiger partial charge in [-0.15, -0.1) is 0 Å². The van der Waals surface area contributed by atoms with Crippen molar-refractivity contribution in [2.24, 2.45) is 17.3 Å². The van der Waals surface area contributed by atoms with Crippen molar-refractivity contribution in [3.8, 4) is 0 Å². The summed E-state index contributed by atoms with van der Waals surface area (Å²) in [5.74, 6) is -1.03. The van der Waals surface area contributed by atoms with Gasteiger partial charge in [0.05, 0.1) is 18.8 Å². The van der Waals surface area contributed by atoms with Crippen LogP contribution in [0.5, 0.6) is 0 Å². The Hall–Kier alpha value is 0.820. The molecule has 118 valence electrons. The Morgan fingerprint density at radius 3 is 2.20 bits per heavy atom. The fourth-order valence-corrected chi connectivity index (χ4v) is 4.58. The summed E-state index contributed by atoms with van der Waals surface area (Å²) in [4.78, 5) is 12.0. The molecule has 1 aliphatic carbocycles. The van der Waals surface area contributed by atoms with Gasteiger partial charge in [-0.3, -0.25) is 8.98 Å². The van der Waals surface area contributed by atoms with E-state index in [4.69, 9.17) is 8.92 Å². The molecule has 9 heteroatoms. The molecule has 0 aromatic rings. The maximum absolute atomic E-state index is 12.0. The highest BCUT2D eigenvalue weighted by atomic mass is 80.0. The number of halogens is 3. The van der Waals surface area contributed by atoms with E-state index in [1.54, 1.807) is 6.92 Å². The van der Waals surface area contributed by atoms with Crippen LogP contribution in [0.3, 0.4) is 0 Å². The molecule has 0 heterocycles. The van der Waals surface area contributed by atoms with E-state index >= 15 is 0 Å². The van der Waals surface area contributed by atoms with Crippen LogP contribution < -0.4 is 0 Å². The third-order valence-corrected chi connectivity index (χ3v) is 5.29. The maximum Gasteiger partial charge on any atom is 0.309 e. The van der Waals surface area contributed by atoms with E-state index in [1.165, 1.54) is 0 Å². The first kappa shape index (κ1) is 18.9. The molecule has 3 atom stereocenters. The highest BCUT2D eigenvalue weighted by Gasteiger charge is 2.69. The lowest BCUT2D eigenvalue weighted by Crippen LogP contribution is -2.34. The topological polar surface area (TPSA) is 69.7 Å². The van der Waals surface area contributed by atoms with Crippen molar-refractivity contribution < 1.29 is 22.1 Å². The predicted octanol–water partition coefficient (Wildman–Crippen LogP) is 3.01. The van der Waals surface area contributed by atoms with Crippen LogP contribution in [0.1, 0.15) is 20.8 Å². The van der Waals surface area contributed by atoms with Gasteiger partial charge in [0.25, 0.3) is 10.1 Å². The van der Waals surface area contributed by atoms with Crippen molar-refractivity contribution in [1.29, 1.82) is 0 Å². The summed E-state index contributed by atoms with van der Waals surface area (Å²) in [5.41, 5.74) is -0.401. The van der Waals surface area contributed by atoms with Crippen molar-refractivity contribution in [3.05, 3.63) is 0 Å². The molecule has 0 bridgehead atoms. The first-order chi connectivity index (χ1) is 8.82. The van der Waals surface area contributed by atoms with Crippen molar-refractivity contribution >= 4 is 63.9 Å². The molecule has 0 aliphatic heterocycles. The second kappa shape index (κ2) is 6.14. The molecular formula is C11H17Br3O5S. The van der Waals surface area contributed by atoms with E-state index in [0.29, 0.717) is 0 Å². The molecule has 1 aliphatic rings. The number of rotatable bonds is 5. The number of hydrogen-bond acceptors (Lipinski definition) is 5. The molecule has 0 saturated heterocycles. The molecule has 0 amide bonds. The molecule has 0 spiro atoms. The molecule has 1 rings (SSSR count). The second-order valence-corrected chi connectivity index (χ2v) is 13.9. The largest absolute Gasteiger partial charge is 0.466 e. The van der Waals surface area contributed by atoms with Crippen molar-refractivity contribution in [3.63, 3.8) is 0 Å². The van der Waals surface area contributed by atoms with Gasteiger partial charge in [0.2, 0.25) is 0 Å². The van der Waals surface area contributed by atoms with Crippen LogP contribution in [0.4, 0.5) is 0 Å². The van der Waals surface area contributed by atoms with Gasteiger partial charge in [-0.05, 0) is 12.3 Å². The predicted molar refractivity (Wildman–Crippen MR) is 86.6 cm³/mol. The van der Waals surface area contributed by atoms with Crippen LogP contribution in [0.25, 0.3) is 0 Å². The lowest BCUT2D eigenvalue weighted by atomic mass is 10.1. The monoisotopic (exact) mass is 498 g/mol. The molecule has 0 aromatic carbocycles. The first-order valence-corrected chi connectivity index (χ1v) is 10.1. The SMILES string of the molecule is CCOC(=O)C1C(C(OS(C)(=O)=O)C(Br)(Br)Br)C1(C)C. The molecule has 0 radical (unpaired) electrons. The highest BCUT2D eigenvalue weighted by molar-refractivity contribution is 9.39. The van der Waals surface area contributed by atoms with Crippen molar-refractivity contribution in [2.45, 2.75) is 29.0 Å². The third-order valence-electron chi connectivity index (χ3n) is 3.38. The van der Waals surface area contributed by atoms with Gasteiger partial charge >= 0.3 is 5.97 Å². The molecule has 0 N–H and O–H groups in total. The molecule has 5 nitrogen and oxygen atoms in total. The summed E-state index contributed by atoms with van der Waals surface area (Å²) in [6.07, 6.45) is 0.190. The summed E-state index contributed by atoms with van der Waals surface area (Å²) < 4.78 is 32.1. The Kier molecular flexibility index (Phi) is 5.79. The van der Waals surface area contributed by atoms with Crippen LogP contribution in [-0.4, -0.2) is 35.5 Å². The normalized spacial score (nSPS) is 26.9. The Bertz CT molecular complexity index is 483. The van der Waals surface area contributed by atoms with E-state index < -0.39 is 29.7 Å². The standard InChI is InChI=1S/C11H17Br3O5S/c1-5-18-9(15)7-6(10(7,2)3)8(11(12,13)14)19-20(4,16)17/h6-8H,5H2,1-4H3. The molecule has 20 heavy (non-hydrogen) atoms. The number of ether oxygens (including phenoxy) is 1. The van der Waals surface area contributed by atoms with Crippen molar-refractivity contribution in [1.82, 2.24) is 0 Å². The van der Waals surface area contributed by atoms with Gasteiger partial charge < -0.3 is 4.74 Å². The van der Waals surface area contributed by atoms with Crippen molar-refractivity contribution in [2.75, 3.05) is 12.9 Å². The number of hydrogen-bond donors (Lipinski definition) is 0. The van der Waals surface area contributed by atoms with Crippen LogP contribution >= 0.6 is 47.8 Å². The number of alkyl halides is 3. The average Bonchev–Trinajstić information content (AvgIpc) is 2.75. The lowest BCUT2D eigenvalue weighted by molar-refractivity contribution is -0.146. The summed E-state index contributed by atoms with van der Waals surface area (Å²) in [6.45, 7) is 5.79. The zero-order chi connectivity index (χ0) is 15.9. The smallest absolute Gasteiger partial charge is 0.309 e. The van der Waals surface area contributed by atoms with Gasteiger partial charge in [-0.1, -0.05) is 61.6 Å². The van der Waals surface area contributed by atoms with E-state index in [0.717, 1.165) is 6.26 Å². The van der Waals surface area contributed by atoms with E-state index in [-0.39, 0.29) is 18.5 Å². The van der Waals surface area contributed by atoms with Crippen LogP contribution in [-0.2, 0) is 23.8 Å². The van der Waals surface area contributed by atoms with Crippen LogP contribution in [0.2, 0.25) is 0 Å². The summed E-state index contributed by atoms with van der Waals surface area (Å²) in [6, 6.07) is 0. The lowest BCUT2D eigenvalue weighted by Gasteiger charge is -2.25. The summed E-state index contributed by atoms with van der Waals surface area (Å²) in [5, 5.41) is 0. The van der Waals surface area contributed by atoms with Gasteiger partial charge in [0.1, 0.15) is 6.10 Å². The van der Waals surface area contributed by atoms with Gasteiger partial charge in [0.15, 0.2) is 2.14 Å². The zero-order valence-electron chi connectivity index (χ0n) is 11.5.